The summed E-state index contributed by atoms with van der Waals surface area (Å²) >= 11 is 0. The summed E-state index contributed by atoms with van der Waals surface area (Å²) in [6.45, 7) is 0. The second kappa shape index (κ2) is 7.04. The zero-order valence-electron chi connectivity index (χ0n) is 12.8. The number of rotatable bonds is 4. The van der Waals surface area contributed by atoms with Crippen LogP contribution in [0.1, 0.15) is 10.4 Å². The van der Waals surface area contributed by atoms with Gasteiger partial charge in [0.1, 0.15) is 5.82 Å². The van der Waals surface area contributed by atoms with Crippen molar-refractivity contribution in [2.75, 3.05) is 10.6 Å². The topological polar surface area (TPSA) is 54.0 Å². The van der Waals surface area contributed by atoms with Crippen molar-refractivity contribution in [3.8, 4) is 0 Å². The molecular formula is C18H12F3N3O. The number of pyridine rings is 1. The summed E-state index contributed by atoms with van der Waals surface area (Å²) in [6.07, 6.45) is 2.84. The van der Waals surface area contributed by atoms with Gasteiger partial charge in [-0.2, -0.15) is 0 Å². The smallest absolute Gasteiger partial charge is 0.257 e. The van der Waals surface area contributed by atoms with Crippen LogP contribution < -0.4 is 10.6 Å². The van der Waals surface area contributed by atoms with E-state index in [1.807, 2.05) is 0 Å². The Hall–Kier alpha value is -3.35. The number of nitrogens with zero attached hydrogens (tertiary/aromatic N) is 1. The lowest BCUT2D eigenvalue weighted by molar-refractivity contribution is 0.102. The van der Waals surface area contributed by atoms with Crippen molar-refractivity contribution in [1.29, 1.82) is 0 Å². The average Bonchev–Trinajstić information content (AvgIpc) is 2.60. The van der Waals surface area contributed by atoms with Crippen molar-refractivity contribution in [2.45, 2.75) is 0 Å². The minimum absolute atomic E-state index is 0.126. The average molecular weight is 343 g/mol. The minimum atomic E-state index is -1.05. The number of halogens is 3. The lowest BCUT2D eigenvalue weighted by Gasteiger charge is -2.09. The Bertz CT molecular complexity index is 914. The lowest BCUT2D eigenvalue weighted by atomic mass is 10.2. The summed E-state index contributed by atoms with van der Waals surface area (Å²) < 4.78 is 39.0. The monoisotopic (exact) mass is 343 g/mol. The fourth-order valence-electron chi connectivity index (χ4n) is 2.11. The maximum absolute atomic E-state index is 13.2. The van der Waals surface area contributed by atoms with Gasteiger partial charge in [0.05, 0.1) is 17.4 Å². The molecule has 126 valence electrons. The summed E-state index contributed by atoms with van der Waals surface area (Å²) in [5, 5.41) is 5.45. The molecule has 0 radical (unpaired) electrons. The third kappa shape index (κ3) is 4.14. The zero-order valence-corrected chi connectivity index (χ0v) is 12.8. The van der Waals surface area contributed by atoms with Gasteiger partial charge in [0, 0.05) is 23.6 Å². The molecule has 0 aliphatic carbocycles. The summed E-state index contributed by atoms with van der Waals surface area (Å²) in [5.74, 6) is -2.93. The molecule has 2 N–H and O–H groups in total. The molecule has 3 aromatic rings. The molecular weight excluding hydrogens is 331 g/mol. The second-order valence-electron chi connectivity index (χ2n) is 5.18. The fourth-order valence-corrected chi connectivity index (χ4v) is 2.11. The van der Waals surface area contributed by atoms with Crippen molar-refractivity contribution >= 4 is 23.0 Å². The van der Waals surface area contributed by atoms with Gasteiger partial charge in [-0.25, -0.2) is 13.2 Å². The first-order valence-electron chi connectivity index (χ1n) is 7.25. The van der Waals surface area contributed by atoms with Crippen LogP contribution in [0, 0.1) is 17.5 Å². The molecule has 0 aliphatic rings. The van der Waals surface area contributed by atoms with E-state index >= 15 is 0 Å². The summed E-state index contributed by atoms with van der Waals surface area (Å²) in [6, 6.07) is 10.3. The van der Waals surface area contributed by atoms with E-state index in [1.165, 1.54) is 36.7 Å². The van der Waals surface area contributed by atoms with Crippen LogP contribution in [0.2, 0.25) is 0 Å². The van der Waals surface area contributed by atoms with Crippen LogP contribution in [0.5, 0.6) is 0 Å². The third-order valence-corrected chi connectivity index (χ3v) is 3.31. The molecule has 0 saturated carbocycles. The highest BCUT2D eigenvalue weighted by Crippen LogP contribution is 2.18. The summed E-state index contributed by atoms with van der Waals surface area (Å²) in [7, 11) is 0. The van der Waals surface area contributed by atoms with Gasteiger partial charge in [-0.05, 0) is 42.5 Å². The van der Waals surface area contributed by atoms with E-state index < -0.39 is 17.5 Å². The van der Waals surface area contributed by atoms with Crippen molar-refractivity contribution in [2.24, 2.45) is 0 Å². The molecule has 0 spiro atoms. The molecule has 4 nitrogen and oxygen atoms in total. The Morgan fingerprint density at radius 1 is 0.800 bits per heavy atom. The highest BCUT2D eigenvalue weighted by atomic mass is 19.2. The molecule has 0 atom stereocenters. The minimum Gasteiger partial charge on any atom is -0.354 e. The van der Waals surface area contributed by atoms with E-state index in [9.17, 15) is 18.0 Å². The standard InChI is InChI=1S/C18H12F3N3O/c19-12-1-3-13(4-2-12)23-15-7-11(9-22-10-15)18(25)24-14-5-6-16(20)17(21)8-14/h1-10,23H,(H,24,25). The predicted octanol–water partition coefficient (Wildman–Crippen LogP) is 4.49. The normalized spacial score (nSPS) is 10.4. The lowest BCUT2D eigenvalue weighted by Crippen LogP contribution is -2.12. The number of nitrogens with one attached hydrogen (secondary N) is 2. The van der Waals surface area contributed by atoms with E-state index in [2.05, 4.69) is 15.6 Å². The van der Waals surface area contributed by atoms with Gasteiger partial charge in [-0.1, -0.05) is 0 Å². The van der Waals surface area contributed by atoms with Crippen molar-refractivity contribution in [1.82, 2.24) is 4.98 Å². The summed E-state index contributed by atoms with van der Waals surface area (Å²) in [4.78, 5) is 16.2. The molecule has 0 unspecified atom stereocenters. The first-order chi connectivity index (χ1) is 12.0. The van der Waals surface area contributed by atoms with Gasteiger partial charge >= 0.3 is 0 Å². The Morgan fingerprint density at radius 2 is 1.52 bits per heavy atom. The SMILES string of the molecule is O=C(Nc1ccc(F)c(F)c1)c1cncc(Nc2ccc(F)cc2)c1. The fraction of sp³-hybridized carbons (Fsp3) is 0. The van der Waals surface area contributed by atoms with Crippen molar-refractivity contribution in [3.63, 3.8) is 0 Å². The molecule has 2 aromatic carbocycles. The van der Waals surface area contributed by atoms with Gasteiger partial charge < -0.3 is 10.6 Å². The second-order valence-corrected chi connectivity index (χ2v) is 5.18. The molecule has 1 heterocycles. The zero-order chi connectivity index (χ0) is 17.8. The highest BCUT2D eigenvalue weighted by Gasteiger charge is 2.10. The number of carbonyl (C=O) groups is 1. The Labute approximate surface area is 141 Å². The van der Waals surface area contributed by atoms with Gasteiger partial charge in [-0.3, -0.25) is 9.78 Å². The number of aromatic nitrogens is 1. The quantitative estimate of drug-likeness (QED) is 0.734. The first kappa shape index (κ1) is 16.5. The van der Waals surface area contributed by atoms with Crippen LogP contribution in [0.3, 0.4) is 0 Å². The maximum atomic E-state index is 13.2. The summed E-state index contributed by atoms with van der Waals surface area (Å²) in [5.41, 5.74) is 1.49. The molecule has 0 aliphatic heterocycles. The number of amides is 1. The largest absolute Gasteiger partial charge is 0.354 e. The number of carbonyl (C=O) groups excluding carboxylic acids is 1. The maximum Gasteiger partial charge on any atom is 0.257 e. The highest BCUT2D eigenvalue weighted by molar-refractivity contribution is 6.04. The van der Waals surface area contributed by atoms with Crippen LogP contribution in [0.4, 0.5) is 30.2 Å². The Morgan fingerprint density at radius 3 is 2.24 bits per heavy atom. The van der Waals surface area contributed by atoms with Crippen LogP contribution in [-0.4, -0.2) is 10.9 Å². The predicted molar refractivity (Wildman–Crippen MR) is 88.2 cm³/mol. The van der Waals surface area contributed by atoms with E-state index in [-0.39, 0.29) is 17.1 Å². The van der Waals surface area contributed by atoms with E-state index in [4.69, 9.17) is 0 Å². The molecule has 0 fully saturated rings. The van der Waals surface area contributed by atoms with E-state index in [1.54, 1.807) is 12.1 Å². The van der Waals surface area contributed by atoms with Crippen LogP contribution in [0.25, 0.3) is 0 Å². The number of benzene rings is 2. The van der Waals surface area contributed by atoms with Gasteiger partial charge in [0.15, 0.2) is 11.6 Å². The molecule has 3 rings (SSSR count). The van der Waals surface area contributed by atoms with Crippen LogP contribution in [0.15, 0.2) is 60.9 Å². The van der Waals surface area contributed by atoms with Gasteiger partial charge in [-0.15, -0.1) is 0 Å². The third-order valence-electron chi connectivity index (χ3n) is 3.31. The van der Waals surface area contributed by atoms with E-state index in [0.717, 1.165) is 12.1 Å². The van der Waals surface area contributed by atoms with Crippen LogP contribution >= 0.6 is 0 Å². The van der Waals surface area contributed by atoms with Crippen molar-refractivity contribution < 1.29 is 18.0 Å². The molecule has 1 amide bonds. The van der Waals surface area contributed by atoms with Crippen molar-refractivity contribution in [3.05, 3.63) is 83.9 Å². The molecule has 7 heteroatoms. The molecule has 0 saturated heterocycles. The van der Waals surface area contributed by atoms with Gasteiger partial charge in [0.2, 0.25) is 0 Å². The number of hydrogen-bond donors (Lipinski definition) is 2. The van der Waals surface area contributed by atoms with Gasteiger partial charge in [0.25, 0.3) is 5.91 Å². The molecule has 25 heavy (non-hydrogen) atoms. The number of anilines is 3. The van der Waals surface area contributed by atoms with E-state index in [0.29, 0.717) is 11.4 Å². The van der Waals surface area contributed by atoms with Crippen LogP contribution in [-0.2, 0) is 0 Å². The Balaban J connectivity index is 1.74. The molecule has 1 aromatic heterocycles. The number of hydrogen-bond acceptors (Lipinski definition) is 3. The molecule has 0 bridgehead atoms. The Kier molecular flexibility index (Phi) is 4.65. The first-order valence-corrected chi connectivity index (χ1v) is 7.25.